The van der Waals surface area contributed by atoms with Crippen molar-refractivity contribution in [3.05, 3.63) is 58.7 Å². The molecule has 30 heavy (non-hydrogen) atoms. The molecule has 1 fully saturated rings. The summed E-state index contributed by atoms with van der Waals surface area (Å²) in [5, 5.41) is 5.60. The van der Waals surface area contributed by atoms with Crippen LogP contribution < -0.4 is 15.4 Å². The van der Waals surface area contributed by atoms with Crippen molar-refractivity contribution in [2.45, 2.75) is 39.7 Å². The highest BCUT2D eigenvalue weighted by Crippen LogP contribution is 2.34. The number of carbonyl (C=O) groups is 3. The average molecular weight is 409 g/mol. The first-order valence-electron chi connectivity index (χ1n) is 9.88. The second kappa shape index (κ2) is 8.18. The van der Waals surface area contributed by atoms with Gasteiger partial charge in [0, 0.05) is 5.69 Å². The predicted octanol–water partition coefficient (Wildman–Crippen LogP) is 3.42. The molecule has 1 aliphatic rings. The van der Waals surface area contributed by atoms with E-state index in [4.69, 9.17) is 4.74 Å². The number of amides is 4. The molecular formula is C23H27N3O4. The molecule has 7 nitrogen and oxygen atoms in total. The highest BCUT2D eigenvalue weighted by molar-refractivity contribution is 6.10. The van der Waals surface area contributed by atoms with E-state index < -0.39 is 23.4 Å². The Balaban J connectivity index is 1.83. The monoisotopic (exact) mass is 409 g/mol. The van der Waals surface area contributed by atoms with Crippen molar-refractivity contribution in [3.63, 3.8) is 0 Å². The largest absolute Gasteiger partial charge is 0.496 e. The molecule has 158 valence electrons. The third-order valence-corrected chi connectivity index (χ3v) is 5.56. The lowest BCUT2D eigenvalue weighted by Crippen LogP contribution is -2.44. The number of benzene rings is 2. The maximum Gasteiger partial charge on any atom is 0.325 e. The standard InChI is InChI=1S/C23H27N3O4/c1-6-23(17-9-10-19(30-5)16(4)12-17)21(28)26(22(29)25-23)13-20(27)24-18-11-14(2)7-8-15(18)3/h7-12H,6,13H2,1-5H3,(H,24,27)(H,25,29). The van der Waals surface area contributed by atoms with Crippen molar-refractivity contribution >= 4 is 23.5 Å². The van der Waals surface area contributed by atoms with E-state index in [1.54, 1.807) is 19.2 Å². The number of rotatable bonds is 6. The molecule has 0 saturated carbocycles. The summed E-state index contributed by atoms with van der Waals surface area (Å²) >= 11 is 0. The van der Waals surface area contributed by atoms with Crippen molar-refractivity contribution < 1.29 is 19.1 Å². The van der Waals surface area contributed by atoms with E-state index in [-0.39, 0.29) is 6.54 Å². The SMILES string of the molecule is CCC1(c2ccc(OC)c(C)c2)NC(=O)N(CC(=O)Nc2cc(C)ccc2C)C1=O. The molecule has 0 bridgehead atoms. The molecule has 2 aromatic rings. The lowest BCUT2D eigenvalue weighted by molar-refractivity contribution is -0.134. The van der Waals surface area contributed by atoms with Crippen LogP contribution in [0, 0.1) is 20.8 Å². The fourth-order valence-electron chi connectivity index (χ4n) is 3.76. The molecule has 2 aromatic carbocycles. The molecule has 1 heterocycles. The van der Waals surface area contributed by atoms with Crippen LogP contribution in [0.15, 0.2) is 36.4 Å². The van der Waals surface area contributed by atoms with Crippen molar-refractivity contribution in [1.82, 2.24) is 10.2 Å². The van der Waals surface area contributed by atoms with E-state index in [1.165, 1.54) is 0 Å². The van der Waals surface area contributed by atoms with E-state index in [0.29, 0.717) is 23.4 Å². The van der Waals surface area contributed by atoms with Gasteiger partial charge in [-0.2, -0.15) is 0 Å². The molecule has 3 rings (SSSR count). The minimum absolute atomic E-state index is 0.352. The molecule has 1 saturated heterocycles. The fourth-order valence-corrected chi connectivity index (χ4v) is 3.76. The number of nitrogens with one attached hydrogen (secondary N) is 2. The van der Waals surface area contributed by atoms with Gasteiger partial charge in [-0.15, -0.1) is 0 Å². The third-order valence-electron chi connectivity index (χ3n) is 5.56. The zero-order valence-electron chi connectivity index (χ0n) is 18.0. The Kier molecular flexibility index (Phi) is 5.82. The molecule has 1 aliphatic heterocycles. The third kappa shape index (κ3) is 3.75. The van der Waals surface area contributed by atoms with E-state index in [2.05, 4.69) is 10.6 Å². The number of ether oxygens (including phenoxy) is 1. The summed E-state index contributed by atoms with van der Waals surface area (Å²) in [6.45, 7) is 7.17. The van der Waals surface area contributed by atoms with Crippen molar-refractivity contribution in [3.8, 4) is 5.75 Å². The van der Waals surface area contributed by atoms with Crippen LogP contribution >= 0.6 is 0 Å². The predicted molar refractivity (Wildman–Crippen MR) is 114 cm³/mol. The van der Waals surface area contributed by atoms with Gasteiger partial charge < -0.3 is 15.4 Å². The average Bonchev–Trinajstić information content (AvgIpc) is 2.95. The summed E-state index contributed by atoms with van der Waals surface area (Å²) in [6.07, 6.45) is 0.360. The van der Waals surface area contributed by atoms with Gasteiger partial charge in [0.15, 0.2) is 0 Å². The topological polar surface area (TPSA) is 87.7 Å². The van der Waals surface area contributed by atoms with Gasteiger partial charge in [-0.05, 0) is 67.6 Å². The quantitative estimate of drug-likeness (QED) is 0.716. The van der Waals surface area contributed by atoms with Crippen molar-refractivity contribution in [2.24, 2.45) is 0 Å². The Labute approximate surface area is 176 Å². The maximum absolute atomic E-state index is 13.3. The van der Waals surface area contributed by atoms with E-state index >= 15 is 0 Å². The number of carbonyl (C=O) groups excluding carboxylic acids is 3. The number of aryl methyl sites for hydroxylation is 3. The Hall–Kier alpha value is -3.35. The Morgan fingerprint density at radius 2 is 1.83 bits per heavy atom. The maximum atomic E-state index is 13.3. The summed E-state index contributed by atoms with van der Waals surface area (Å²) in [5.74, 6) is -0.160. The van der Waals surface area contributed by atoms with Gasteiger partial charge in [-0.25, -0.2) is 4.79 Å². The minimum Gasteiger partial charge on any atom is -0.496 e. The van der Waals surface area contributed by atoms with Crippen molar-refractivity contribution in [2.75, 3.05) is 19.0 Å². The second-order valence-electron chi connectivity index (χ2n) is 7.63. The van der Waals surface area contributed by atoms with Crippen LogP contribution in [-0.2, 0) is 15.1 Å². The van der Waals surface area contributed by atoms with Crippen LogP contribution in [0.25, 0.3) is 0 Å². The van der Waals surface area contributed by atoms with Crippen LogP contribution in [-0.4, -0.2) is 36.4 Å². The molecular weight excluding hydrogens is 382 g/mol. The van der Waals surface area contributed by atoms with Gasteiger partial charge in [-0.3, -0.25) is 14.5 Å². The lowest BCUT2D eigenvalue weighted by atomic mass is 9.86. The molecule has 1 unspecified atom stereocenters. The molecule has 0 radical (unpaired) electrons. The molecule has 2 N–H and O–H groups in total. The van der Waals surface area contributed by atoms with Gasteiger partial charge in [0.1, 0.15) is 17.8 Å². The van der Waals surface area contributed by atoms with E-state index in [0.717, 1.165) is 21.6 Å². The van der Waals surface area contributed by atoms with Gasteiger partial charge in [-0.1, -0.05) is 25.1 Å². The zero-order chi connectivity index (χ0) is 22.1. The zero-order valence-corrected chi connectivity index (χ0v) is 18.0. The fraction of sp³-hybridized carbons (Fsp3) is 0.348. The number of hydrogen-bond donors (Lipinski definition) is 2. The summed E-state index contributed by atoms with van der Waals surface area (Å²) < 4.78 is 5.29. The van der Waals surface area contributed by atoms with E-state index in [1.807, 2.05) is 52.0 Å². The number of anilines is 1. The number of urea groups is 1. The Morgan fingerprint density at radius 3 is 2.47 bits per heavy atom. The van der Waals surface area contributed by atoms with Crippen LogP contribution in [0.2, 0.25) is 0 Å². The number of imide groups is 1. The molecule has 0 aliphatic carbocycles. The van der Waals surface area contributed by atoms with Crippen LogP contribution in [0.5, 0.6) is 5.75 Å². The molecule has 1 atom stereocenters. The lowest BCUT2D eigenvalue weighted by Gasteiger charge is -2.26. The van der Waals surface area contributed by atoms with Gasteiger partial charge in [0.25, 0.3) is 5.91 Å². The normalized spacial score (nSPS) is 18.4. The van der Waals surface area contributed by atoms with E-state index in [9.17, 15) is 14.4 Å². The van der Waals surface area contributed by atoms with Gasteiger partial charge >= 0.3 is 6.03 Å². The summed E-state index contributed by atoms with van der Waals surface area (Å²) in [7, 11) is 1.58. The molecule has 7 heteroatoms. The number of hydrogen-bond acceptors (Lipinski definition) is 4. The summed E-state index contributed by atoms with van der Waals surface area (Å²) in [6, 6.07) is 10.5. The van der Waals surface area contributed by atoms with Crippen LogP contribution in [0.3, 0.4) is 0 Å². The van der Waals surface area contributed by atoms with Gasteiger partial charge in [0.05, 0.1) is 7.11 Å². The first kappa shape index (κ1) is 21.4. The molecule has 0 aromatic heterocycles. The van der Waals surface area contributed by atoms with Crippen molar-refractivity contribution in [1.29, 1.82) is 0 Å². The van der Waals surface area contributed by atoms with Crippen LogP contribution in [0.1, 0.15) is 35.6 Å². The summed E-state index contributed by atoms with van der Waals surface area (Å²) in [4.78, 5) is 39.5. The first-order chi connectivity index (χ1) is 14.2. The smallest absolute Gasteiger partial charge is 0.325 e. The molecule has 0 spiro atoms. The Morgan fingerprint density at radius 1 is 1.10 bits per heavy atom. The van der Waals surface area contributed by atoms with Gasteiger partial charge in [0.2, 0.25) is 5.91 Å². The first-order valence-corrected chi connectivity index (χ1v) is 9.88. The molecule has 4 amide bonds. The highest BCUT2D eigenvalue weighted by atomic mass is 16.5. The summed E-state index contributed by atoms with van der Waals surface area (Å²) in [5.41, 5.74) is 2.90. The minimum atomic E-state index is -1.20. The Bertz CT molecular complexity index is 1020. The van der Waals surface area contributed by atoms with Crippen LogP contribution in [0.4, 0.5) is 10.5 Å². The number of nitrogens with zero attached hydrogens (tertiary/aromatic N) is 1. The second-order valence-corrected chi connectivity index (χ2v) is 7.63. The highest BCUT2D eigenvalue weighted by Gasteiger charge is 2.51. The number of methoxy groups -OCH3 is 1.